The normalized spacial score (nSPS) is 10.5. The first-order valence-electron chi connectivity index (χ1n) is 7.03. The van der Waals surface area contributed by atoms with Crippen LogP contribution in [-0.4, -0.2) is 16.8 Å². The molecule has 2 amide bonds. The first-order valence-corrected chi connectivity index (χ1v) is 7.03. The third-order valence-electron chi connectivity index (χ3n) is 3.42. The van der Waals surface area contributed by atoms with E-state index in [4.69, 9.17) is 0 Å². The van der Waals surface area contributed by atoms with Crippen LogP contribution in [0.25, 0.3) is 10.9 Å². The predicted octanol–water partition coefficient (Wildman–Crippen LogP) is 2.56. The number of aromatic amines is 1. The van der Waals surface area contributed by atoms with Crippen LogP contribution in [0.2, 0.25) is 0 Å². The third-order valence-corrected chi connectivity index (χ3v) is 3.42. The second-order valence-electron chi connectivity index (χ2n) is 5.01. The molecule has 0 aliphatic heterocycles. The molecule has 6 heteroatoms. The number of carbonyl (C=O) groups excluding carboxylic acids is 2. The van der Waals surface area contributed by atoms with Crippen molar-refractivity contribution in [3.05, 3.63) is 66.1 Å². The molecule has 1 heterocycles. The molecule has 23 heavy (non-hydrogen) atoms. The van der Waals surface area contributed by atoms with Gasteiger partial charge in [-0.1, -0.05) is 18.2 Å². The van der Waals surface area contributed by atoms with Crippen molar-refractivity contribution < 1.29 is 14.0 Å². The predicted molar refractivity (Wildman–Crippen MR) is 85.2 cm³/mol. The highest BCUT2D eigenvalue weighted by atomic mass is 19.1. The number of anilines is 1. The Morgan fingerprint density at radius 1 is 1.00 bits per heavy atom. The highest BCUT2D eigenvalue weighted by molar-refractivity contribution is 6.40. The van der Waals surface area contributed by atoms with Crippen molar-refractivity contribution in [1.82, 2.24) is 10.3 Å². The summed E-state index contributed by atoms with van der Waals surface area (Å²) in [6, 6.07) is 12.9. The maximum atomic E-state index is 12.8. The Morgan fingerprint density at radius 2 is 1.78 bits per heavy atom. The van der Waals surface area contributed by atoms with Gasteiger partial charge in [0.2, 0.25) is 0 Å². The molecule has 116 valence electrons. The summed E-state index contributed by atoms with van der Waals surface area (Å²) in [4.78, 5) is 26.8. The zero-order valence-electron chi connectivity index (χ0n) is 12.1. The summed E-state index contributed by atoms with van der Waals surface area (Å²) in [7, 11) is 0. The van der Waals surface area contributed by atoms with Gasteiger partial charge in [0.15, 0.2) is 0 Å². The number of fused-ring (bicyclic) bond motifs is 1. The molecule has 0 aliphatic carbocycles. The van der Waals surface area contributed by atoms with Crippen LogP contribution in [0, 0.1) is 5.82 Å². The molecular formula is C17H14FN3O2. The number of hydrogen-bond donors (Lipinski definition) is 3. The second kappa shape index (κ2) is 6.31. The van der Waals surface area contributed by atoms with Crippen molar-refractivity contribution in [2.24, 2.45) is 0 Å². The molecule has 0 fully saturated rings. The summed E-state index contributed by atoms with van der Waals surface area (Å²) in [6.07, 6.45) is 1.76. The van der Waals surface area contributed by atoms with Crippen molar-refractivity contribution in [3.63, 3.8) is 0 Å². The van der Waals surface area contributed by atoms with Crippen LogP contribution in [0.5, 0.6) is 0 Å². The lowest BCUT2D eigenvalue weighted by atomic mass is 10.2. The molecule has 3 N–H and O–H groups in total. The van der Waals surface area contributed by atoms with Gasteiger partial charge < -0.3 is 15.6 Å². The van der Waals surface area contributed by atoms with Crippen LogP contribution < -0.4 is 10.6 Å². The van der Waals surface area contributed by atoms with Gasteiger partial charge in [0.05, 0.1) is 5.69 Å². The lowest BCUT2D eigenvalue weighted by Gasteiger charge is -2.07. The van der Waals surface area contributed by atoms with Gasteiger partial charge in [-0.15, -0.1) is 0 Å². The van der Waals surface area contributed by atoms with E-state index < -0.39 is 11.8 Å². The number of carbonyl (C=O) groups is 2. The maximum Gasteiger partial charge on any atom is 0.313 e. The van der Waals surface area contributed by atoms with Gasteiger partial charge in [-0.3, -0.25) is 9.59 Å². The van der Waals surface area contributed by atoms with E-state index in [1.165, 1.54) is 12.1 Å². The highest BCUT2D eigenvalue weighted by Crippen LogP contribution is 2.21. The van der Waals surface area contributed by atoms with E-state index in [9.17, 15) is 14.0 Å². The van der Waals surface area contributed by atoms with E-state index in [1.54, 1.807) is 30.5 Å². The number of halogens is 1. The first-order chi connectivity index (χ1) is 11.1. The average Bonchev–Trinajstić information content (AvgIpc) is 3.03. The number of aromatic nitrogens is 1. The van der Waals surface area contributed by atoms with Crippen molar-refractivity contribution in [1.29, 1.82) is 0 Å². The van der Waals surface area contributed by atoms with Crippen molar-refractivity contribution >= 4 is 28.4 Å². The summed E-state index contributed by atoms with van der Waals surface area (Å²) in [6.45, 7) is 0.154. The SMILES string of the molecule is O=C(NCc1ccc(F)cc1)C(=O)Nc1cccc2[nH]ccc12. The highest BCUT2D eigenvalue weighted by Gasteiger charge is 2.14. The van der Waals surface area contributed by atoms with Crippen molar-refractivity contribution in [2.75, 3.05) is 5.32 Å². The molecule has 0 radical (unpaired) electrons. The van der Waals surface area contributed by atoms with Crippen molar-refractivity contribution in [3.8, 4) is 0 Å². The van der Waals surface area contributed by atoms with E-state index in [1.807, 2.05) is 12.1 Å². The topological polar surface area (TPSA) is 74.0 Å². The molecule has 3 aromatic rings. The molecule has 0 aliphatic rings. The van der Waals surface area contributed by atoms with Crippen LogP contribution in [0.1, 0.15) is 5.56 Å². The number of nitrogens with one attached hydrogen (secondary N) is 3. The molecule has 1 aromatic heterocycles. The Bertz CT molecular complexity index is 856. The zero-order valence-corrected chi connectivity index (χ0v) is 12.1. The Balaban J connectivity index is 1.62. The summed E-state index contributed by atoms with van der Waals surface area (Å²) in [5, 5.41) is 5.91. The van der Waals surface area contributed by atoms with Gasteiger partial charge in [-0.25, -0.2) is 4.39 Å². The number of benzene rings is 2. The molecule has 3 rings (SSSR count). The Kier molecular flexibility index (Phi) is 4.05. The first kappa shape index (κ1) is 14.8. The molecule has 0 saturated carbocycles. The fourth-order valence-electron chi connectivity index (χ4n) is 2.24. The van der Waals surface area contributed by atoms with Gasteiger partial charge in [0.1, 0.15) is 5.82 Å². The molecule has 5 nitrogen and oxygen atoms in total. The fraction of sp³-hybridized carbons (Fsp3) is 0.0588. The Hall–Kier alpha value is -3.15. The molecule has 0 unspecified atom stereocenters. The standard InChI is InChI=1S/C17H14FN3O2/c18-12-6-4-11(5-7-12)10-20-16(22)17(23)21-15-3-1-2-14-13(15)8-9-19-14/h1-9,19H,10H2,(H,20,22)(H,21,23). The number of H-pyrrole nitrogens is 1. The lowest BCUT2D eigenvalue weighted by molar-refractivity contribution is -0.136. The number of rotatable bonds is 3. The van der Waals surface area contributed by atoms with Gasteiger partial charge in [-0.2, -0.15) is 0 Å². The van der Waals surface area contributed by atoms with Gasteiger partial charge in [-0.05, 0) is 35.9 Å². The largest absolute Gasteiger partial charge is 0.361 e. The summed E-state index contributed by atoms with van der Waals surface area (Å²) in [5.74, 6) is -1.85. The summed E-state index contributed by atoms with van der Waals surface area (Å²) >= 11 is 0. The maximum absolute atomic E-state index is 12.8. The van der Waals surface area contributed by atoms with Gasteiger partial charge in [0, 0.05) is 23.6 Å². The molecular weight excluding hydrogens is 297 g/mol. The average molecular weight is 311 g/mol. The van der Waals surface area contributed by atoms with E-state index in [-0.39, 0.29) is 12.4 Å². The van der Waals surface area contributed by atoms with Crippen LogP contribution in [-0.2, 0) is 16.1 Å². The monoisotopic (exact) mass is 311 g/mol. The third kappa shape index (κ3) is 3.37. The van der Waals surface area contributed by atoms with Crippen molar-refractivity contribution in [2.45, 2.75) is 6.54 Å². The van der Waals surface area contributed by atoms with Gasteiger partial charge >= 0.3 is 11.8 Å². The quantitative estimate of drug-likeness (QED) is 0.650. The molecule has 0 spiro atoms. The van der Waals surface area contributed by atoms with Crippen LogP contribution in [0.4, 0.5) is 10.1 Å². The molecule has 0 atom stereocenters. The summed E-state index contributed by atoms with van der Waals surface area (Å²) in [5.41, 5.74) is 2.14. The molecule has 2 aromatic carbocycles. The van der Waals surface area contributed by atoms with E-state index in [0.29, 0.717) is 11.3 Å². The second-order valence-corrected chi connectivity index (χ2v) is 5.01. The Labute approximate surface area is 131 Å². The van der Waals surface area contributed by atoms with Gasteiger partial charge in [0.25, 0.3) is 0 Å². The number of hydrogen-bond acceptors (Lipinski definition) is 2. The smallest absolute Gasteiger partial charge is 0.313 e. The Morgan fingerprint density at radius 3 is 2.57 bits per heavy atom. The number of amides is 2. The minimum Gasteiger partial charge on any atom is -0.361 e. The van der Waals surface area contributed by atoms with E-state index in [2.05, 4.69) is 15.6 Å². The van der Waals surface area contributed by atoms with E-state index in [0.717, 1.165) is 10.9 Å². The van der Waals surface area contributed by atoms with E-state index >= 15 is 0 Å². The molecule has 0 bridgehead atoms. The summed E-state index contributed by atoms with van der Waals surface area (Å²) < 4.78 is 12.8. The minimum absolute atomic E-state index is 0.154. The lowest BCUT2D eigenvalue weighted by Crippen LogP contribution is -2.35. The fourth-order valence-corrected chi connectivity index (χ4v) is 2.24. The van der Waals surface area contributed by atoms with Crippen LogP contribution >= 0.6 is 0 Å². The molecule has 0 saturated heterocycles. The zero-order chi connectivity index (χ0) is 16.2. The minimum atomic E-state index is -0.749. The van der Waals surface area contributed by atoms with Crippen LogP contribution in [0.3, 0.4) is 0 Å². The van der Waals surface area contributed by atoms with Crippen LogP contribution in [0.15, 0.2) is 54.7 Å².